The Balaban J connectivity index is 0.895. The second kappa shape index (κ2) is 22.7. The molecular formula is C79H82N2. The van der Waals surface area contributed by atoms with Crippen molar-refractivity contribution in [3.05, 3.63) is 287 Å². The molecule has 10 aromatic carbocycles. The predicted molar refractivity (Wildman–Crippen MR) is 350 cm³/mol. The van der Waals surface area contributed by atoms with Crippen LogP contribution in [0, 0.1) is 12.8 Å². The van der Waals surface area contributed by atoms with Crippen LogP contribution in [0.5, 0.6) is 0 Å². The molecule has 408 valence electrons. The van der Waals surface area contributed by atoms with E-state index in [4.69, 9.17) is 0 Å². The molecule has 0 aliphatic heterocycles. The lowest BCUT2D eigenvalue weighted by molar-refractivity contribution is 0.454. The second-order valence-corrected chi connectivity index (χ2v) is 25.7. The summed E-state index contributed by atoms with van der Waals surface area (Å²) in [5.41, 5.74) is 24.5. The summed E-state index contributed by atoms with van der Waals surface area (Å²) in [6.07, 6.45) is 0.954. The topological polar surface area (TPSA) is 6.48 Å². The molecule has 0 fully saturated rings. The van der Waals surface area contributed by atoms with Crippen molar-refractivity contribution in [1.29, 1.82) is 0 Å². The third-order valence-corrected chi connectivity index (χ3v) is 17.2. The maximum absolute atomic E-state index is 2.39. The number of benzene rings is 10. The van der Waals surface area contributed by atoms with Crippen LogP contribution < -0.4 is 9.80 Å². The van der Waals surface area contributed by atoms with Crippen LogP contribution >= 0.6 is 0 Å². The van der Waals surface area contributed by atoms with E-state index in [-0.39, 0.29) is 16.2 Å². The average molecular weight is 1060 g/mol. The highest BCUT2D eigenvalue weighted by Crippen LogP contribution is 2.46. The third kappa shape index (κ3) is 12.0. The number of hydrogen-bond donors (Lipinski definition) is 0. The summed E-state index contributed by atoms with van der Waals surface area (Å²) >= 11 is 0. The van der Waals surface area contributed by atoms with Crippen LogP contribution in [-0.2, 0) is 21.7 Å². The number of nitrogens with zero attached hydrogens (tertiary/aromatic N) is 2. The second-order valence-electron chi connectivity index (χ2n) is 25.7. The molecule has 0 bridgehead atoms. The van der Waals surface area contributed by atoms with E-state index in [1.807, 2.05) is 0 Å². The van der Waals surface area contributed by atoms with E-state index in [1.165, 1.54) is 106 Å². The smallest absolute Gasteiger partial charge is 0.0453 e. The van der Waals surface area contributed by atoms with Gasteiger partial charge in [-0.25, -0.2) is 0 Å². The lowest BCUT2D eigenvalue weighted by atomic mass is 9.65. The zero-order valence-electron chi connectivity index (χ0n) is 50.3. The van der Waals surface area contributed by atoms with E-state index in [0.717, 1.165) is 12.1 Å². The van der Waals surface area contributed by atoms with Crippen LogP contribution in [0.2, 0.25) is 0 Å². The first-order valence-corrected chi connectivity index (χ1v) is 29.2. The van der Waals surface area contributed by atoms with E-state index in [2.05, 4.69) is 343 Å². The van der Waals surface area contributed by atoms with Crippen LogP contribution in [0.1, 0.15) is 120 Å². The van der Waals surface area contributed by atoms with Gasteiger partial charge in [0, 0.05) is 47.7 Å². The summed E-state index contributed by atoms with van der Waals surface area (Å²) in [4.78, 5) is 4.52. The molecule has 2 heteroatoms. The van der Waals surface area contributed by atoms with Crippen LogP contribution in [0.25, 0.3) is 44.5 Å². The maximum atomic E-state index is 2.39. The van der Waals surface area contributed by atoms with Crippen LogP contribution in [-0.4, -0.2) is 14.1 Å². The first kappa shape index (κ1) is 56.1. The van der Waals surface area contributed by atoms with Crippen molar-refractivity contribution in [3.63, 3.8) is 0 Å². The highest BCUT2D eigenvalue weighted by Gasteiger charge is 2.37. The summed E-state index contributed by atoms with van der Waals surface area (Å²) in [5, 5.41) is 0. The summed E-state index contributed by atoms with van der Waals surface area (Å²) in [7, 11) is 4.29. The van der Waals surface area contributed by atoms with Crippen molar-refractivity contribution < 1.29 is 0 Å². The van der Waals surface area contributed by atoms with Gasteiger partial charge in [0.25, 0.3) is 0 Å². The van der Waals surface area contributed by atoms with Gasteiger partial charge in [0.05, 0.1) is 0 Å². The molecule has 0 aliphatic carbocycles. The normalized spacial score (nSPS) is 12.8. The predicted octanol–water partition coefficient (Wildman–Crippen LogP) is 21.5. The molecule has 0 radical (unpaired) electrons. The summed E-state index contributed by atoms with van der Waals surface area (Å²) < 4.78 is 0. The van der Waals surface area contributed by atoms with Gasteiger partial charge in [0.2, 0.25) is 0 Å². The Morgan fingerprint density at radius 3 is 0.704 bits per heavy atom. The maximum Gasteiger partial charge on any atom is 0.0453 e. The van der Waals surface area contributed by atoms with Crippen LogP contribution in [0.4, 0.5) is 22.7 Å². The van der Waals surface area contributed by atoms with Gasteiger partial charge in [-0.15, -0.1) is 0 Å². The Kier molecular flexibility index (Phi) is 15.7. The first-order valence-electron chi connectivity index (χ1n) is 29.2. The van der Waals surface area contributed by atoms with Gasteiger partial charge in [0.1, 0.15) is 0 Å². The Hall–Kier alpha value is -8.20. The lowest BCUT2D eigenvalue weighted by Gasteiger charge is -2.38. The molecule has 0 spiro atoms. The third-order valence-electron chi connectivity index (χ3n) is 17.2. The summed E-state index contributed by atoms with van der Waals surface area (Å²) in [6.45, 7) is 25.1. The summed E-state index contributed by atoms with van der Waals surface area (Å²) in [5.74, 6) is 0.421. The summed E-state index contributed by atoms with van der Waals surface area (Å²) in [6, 6.07) is 91.4. The van der Waals surface area contributed by atoms with Crippen molar-refractivity contribution in [2.24, 2.45) is 5.92 Å². The number of hydrogen-bond acceptors (Lipinski definition) is 2. The van der Waals surface area contributed by atoms with E-state index < -0.39 is 5.41 Å². The number of aryl methyl sites for hydroxylation is 1. The SMILES string of the molecule is Cc1ccc(-c2ccc(C(CC(C)C)(c3ccc(-c4ccc(N(C)c5ccc(C(C)(C)C)cc5)cc4)cc3)c3ccc(-c4ccc(C(C)(C)c5ccc(-c6ccc(N(C)c7ccc(C(C)(C)C)cc7)cc6)cc5)cc4)cc3)cc2)cc1. The molecule has 10 rings (SSSR count). The Morgan fingerprint density at radius 2 is 0.469 bits per heavy atom. The molecule has 0 saturated carbocycles. The van der Waals surface area contributed by atoms with Gasteiger partial charge >= 0.3 is 0 Å². The molecule has 2 nitrogen and oxygen atoms in total. The zero-order chi connectivity index (χ0) is 57.3. The minimum absolute atomic E-state index is 0.124. The molecule has 0 saturated heterocycles. The van der Waals surface area contributed by atoms with Gasteiger partial charge in [-0.3, -0.25) is 0 Å². The Bertz CT molecular complexity index is 3670. The van der Waals surface area contributed by atoms with Crippen molar-refractivity contribution in [3.8, 4) is 44.5 Å². The fraction of sp³-hybridized carbons (Fsp3) is 0.241. The highest BCUT2D eigenvalue weighted by atomic mass is 15.1. The van der Waals surface area contributed by atoms with Crippen molar-refractivity contribution in [1.82, 2.24) is 0 Å². The monoisotopic (exact) mass is 1060 g/mol. The van der Waals surface area contributed by atoms with Crippen molar-refractivity contribution in [2.45, 2.75) is 104 Å². The number of rotatable bonds is 15. The average Bonchev–Trinajstić information content (AvgIpc) is 3.50. The van der Waals surface area contributed by atoms with Crippen molar-refractivity contribution in [2.75, 3.05) is 23.9 Å². The standard InChI is InChI=1S/C79H82N2/c1-55(2)54-79(69-36-22-60(23-37-69)57-16-14-56(3)15-17-57,71-40-26-62(27-41-71)64-30-48-73(49-31-64)81(13)75-52-44-66(45-53-75)77(7,8)9)70-38-24-61(25-39-70)58-18-32-67(33-19-58)78(10,11)68-34-20-59(21-35-68)63-28-46-72(47-29-63)80(12)74-50-42-65(43-51-74)76(4,5)6/h14-53,55H,54H2,1-13H3. The molecule has 0 N–H and O–H groups in total. The van der Waals surface area contributed by atoms with Crippen molar-refractivity contribution >= 4 is 22.7 Å². The largest absolute Gasteiger partial charge is 0.345 e. The van der Waals surface area contributed by atoms with E-state index in [9.17, 15) is 0 Å². The van der Waals surface area contributed by atoms with Gasteiger partial charge < -0.3 is 9.80 Å². The molecule has 0 heterocycles. The van der Waals surface area contributed by atoms with Crippen LogP contribution in [0.15, 0.2) is 243 Å². The fourth-order valence-corrected chi connectivity index (χ4v) is 11.8. The van der Waals surface area contributed by atoms with E-state index >= 15 is 0 Å². The molecule has 10 aromatic rings. The molecule has 1 atom stereocenters. The molecular weight excluding hydrogens is 977 g/mol. The zero-order valence-corrected chi connectivity index (χ0v) is 50.3. The lowest BCUT2D eigenvalue weighted by Crippen LogP contribution is -2.31. The minimum atomic E-state index is -0.394. The van der Waals surface area contributed by atoms with Crippen LogP contribution in [0.3, 0.4) is 0 Å². The van der Waals surface area contributed by atoms with Gasteiger partial charge in [0.15, 0.2) is 0 Å². The first-order chi connectivity index (χ1) is 38.7. The molecule has 1 unspecified atom stereocenters. The van der Waals surface area contributed by atoms with E-state index in [0.29, 0.717) is 5.92 Å². The van der Waals surface area contributed by atoms with Gasteiger partial charge in [-0.1, -0.05) is 269 Å². The van der Waals surface area contributed by atoms with Gasteiger partial charge in [-0.05, 0) is 162 Å². The molecule has 0 amide bonds. The molecule has 0 aromatic heterocycles. The Morgan fingerprint density at radius 1 is 0.272 bits per heavy atom. The minimum Gasteiger partial charge on any atom is -0.345 e. The Labute approximate surface area is 485 Å². The highest BCUT2D eigenvalue weighted by molar-refractivity contribution is 5.73. The number of anilines is 4. The van der Waals surface area contributed by atoms with E-state index in [1.54, 1.807) is 0 Å². The molecule has 81 heavy (non-hydrogen) atoms. The molecule has 0 aliphatic rings. The fourth-order valence-electron chi connectivity index (χ4n) is 11.8. The quantitative estimate of drug-likeness (QED) is 0.0944. The van der Waals surface area contributed by atoms with Gasteiger partial charge in [-0.2, -0.15) is 0 Å².